The van der Waals surface area contributed by atoms with Gasteiger partial charge in [0.1, 0.15) is 13.2 Å². The van der Waals surface area contributed by atoms with E-state index in [9.17, 15) is 4.79 Å². The third kappa shape index (κ3) is 3.66. The lowest BCUT2D eigenvalue weighted by Gasteiger charge is -2.21. The molecule has 1 amide bonds. The topological polar surface area (TPSA) is 77.7 Å². The fraction of sp³-hybridized carbons (Fsp3) is 0.240. The minimum absolute atomic E-state index is 0.132. The zero-order valence-corrected chi connectivity index (χ0v) is 18.2. The summed E-state index contributed by atoms with van der Waals surface area (Å²) in [5, 5.41) is 4.68. The Morgan fingerprint density at radius 2 is 1.75 bits per heavy atom. The molecule has 3 heterocycles. The van der Waals surface area contributed by atoms with Crippen molar-refractivity contribution in [3.05, 3.63) is 70.9 Å². The zero-order chi connectivity index (χ0) is 22.2. The second-order valence-corrected chi connectivity index (χ2v) is 8.01. The van der Waals surface area contributed by atoms with Crippen LogP contribution in [0.1, 0.15) is 27.2 Å². The van der Waals surface area contributed by atoms with Gasteiger partial charge in [0.2, 0.25) is 0 Å². The van der Waals surface area contributed by atoms with Gasteiger partial charge in [-0.1, -0.05) is 41.1 Å². The maximum absolute atomic E-state index is 13.5. The van der Waals surface area contributed by atoms with Crippen LogP contribution in [0.4, 0.5) is 0 Å². The van der Waals surface area contributed by atoms with Gasteiger partial charge in [-0.05, 0) is 37.6 Å². The molecule has 1 aliphatic rings. The fourth-order valence-corrected chi connectivity index (χ4v) is 3.87. The van der Waals surface area contributed by atoms with Crippen LogP contribution in [0, 0.1) is 13.8 Å². The fourth-order valence-electron chi connectivity index (χ4n) is 3.87. The largest absolute Gasteiger partial charge is 0.486 e. The highest BCUT2D eigenvalue weighted by molar-refractivity contribution is 6.06. The molecule has 32 heavy (non-hydrogen) atoms. The summed E-state index contributed by atoms with van der Waals surface area (Å²) in [6, 6.07) is 15.6. The van der Waals surface area contributed by atoms with E-state index in [4.69, 9.17) is 14.0 Å². The lowest BCUT2D eigenvalue weighted by Crippen LogP contribution is -2.26. The summed E-state index contributed by atoms with van der Waals surface area (Å²) in [5.74, 6) is 1.30. The molecule has 0 saturated heterocycles. The molecule has 1 aliphatic heterocycles. The maximum Gasteiger partial charge on any atom is 0.259 e. The van der Waals surface area contributed by atoms with Crippen LogP contribution < -0.4 is 9.47 Å². The molecule has 0 radical (unpaired) electrons. The van der Waals surface area contributed by atoms with Crippen LogP contribution >= 0.6 is 0 Å². The summed E-state index contributed by atoms with van der Waals surface area (Å²) < 4.78 is 16.7. The number of nitrogens with zero attached hydrogens (tertiary/aromatic N) is 3. The van der Waals surface area contributed by atoms with E-state index in [1.165, 1.54) is 0 Å². The first-order chi connectivity index (χ1) is 15.5. The monoisotopic (exact) mass is 429 g/mol. The highest BCUT2D eigenvalue weighted by Crippen LogP contribution is 2.32. The van der Waals surface area contributed by atoms with Gasteiger partial charge < -0.3 is 18.9 Å². The van der Waals surface area contributed by atoms with E-state index < -0.39 is 0 Å². The second-order valence-electron chi connectivity index (χ2n) is 8.01. The molecule has 0 aliphatic carbocycles. The quantitative estimate of drug-likeness (QED) is 0.474. The van der Waals surface area contributed by atoms with Crippen molar-refractivity contribution in [2.45, 2.75) is 20.4 Å². The minimum Gasteiger partial charge on any atom is -0.486 e. The predicted molar refractivity (Wildman–Crippen MR) is 120 cm³/mol. The molecule has 2 aromatic carbocycles. The van der Waals surface area contributed by atoms with Gasteiger partial charge in [-0.2, -0.15) is 0 Å². The molecular weight excluding hydrogens is 406 g/mol. The smallest absolute Gasteiger partial charge is 0.259 e. The average molecular weight is 429 g/mol. The number of aromatic nitrogens is 2. The molecule has 0 unspecified atom stereocenters. The molecule has 0 bridgehead atoms. The first kappa shape index (κ1) is 20.1. The van der Waals surface area contributed by atoms with Crippen LogP contribution in [0.25, 0.3) is 22.4 Å². The lowest BCUT2D eigenvalue weighted by molar-refractivity contribution is 0.0786. The highest BCUT2D eigenvalue weighted by atomic mass is 16.6. The number of ether oxygens (including phenoxy) is 2. The first-order valence-corrected chi connectivity index (χ1v) is 10.5. The number of hydrogen-bond acceptors (Lipinski definition) is 6. The van der Waals surface area contributed by atoms with Gasteiger partial charge in [-0.15, -0.1) is 0 Å². The second kappa shape index (κ2) is 8.00. The van der Waals surface area contributed by atoms with Crippen molar-refractivity contribution in [3.63, 3.8) is 0 Å². The van der Waals surface area contributed by atoms with Crippen LogP contribution in [0.15, 0.2) is 53.1 Å². The molecule has 7 heteroatoms. The van der Waals surface area contributed by atoms with Crippen LogP contribution in [-0.4, -0.2) is 41.2 Å². The van der Waals surface area contributed by atoms with Gasteiger partial charge in [-0.3, -0.25) is 4.79 Å². The summed E-state index contributed by atoms with van der Waals surface area (Å²) in [6.07, 6.45) is 0. The van der Waals surface area contributed by atoms with E-state index in [1.807, 2.05) is 62.4 Å². The van der Waals surface area contributed by atoms with Gasteiger partial charge in [0, 0.05) is 19.2 Å². The molecule has 0 spiro atoms. The molecule has 4 aromatic rings. The predicted octanol–water partition coefficient (Wildman–Crippen LogP) is 4.55. The van der Waals surface area contributed by atoms with E-state index in [0.717, 1.165) is 22.4 Å². The Balaban J connectivity index is 1.49. The SMILES string of the molecule is Cc1ccc(-c2cc(C(=O)N(C)Cc3ccc4c(c3)OCCO4)c3c(C)noc3n2)cc1. The number of carbonyl (C=O) groups is 1. The van der Waals surface area contributed by atoms with E-state index in [2.05, 4.69) is 10.1 Å². The Morgan fingerprint density at radius 3 is 2.53 bits per heavy atom. The highest BCUT2D eigenvalue weighted by Gasteiger charge is 2.22. The van der Waals surface area contributed by atoms with E-state index in [1.54, 1.807) is 11.9 Å². The van der Waals surface area contributed by atoms with Gasteiger partial charge >= 0.3 is 0 Å². The van der Waals surface area contributed by atoms with E-state index in [0.29, 0.717) is 53.6 Å². The summed E-state index contributed by atoms with van der Waals surface area (Å²) in [4.78, 5) is 19.8. The number of amides is 1. The molecule has 162 valence electrons. The molecule has 0 saturated carbocycles. The van der Waals surface area contributed by atoms with Crippen LogP contribution in [-0.2, 0) is 6.54 Å². The standard InChI is InChI=1S/C25H23N3O4/c1-15-4-7-18(8-5-15)20-13-19(23-16(2)27-32-24(23)26-20)25(29)28(3)14-17-6-9-21-22(12-17)31-11-10-30-21/h4-9,12-13H,10-11,14H2,1-3H3. The Kier molecular flexibility index (Phi) is 5.01. The number of fused-ring (bicyclic) bond motifs is 2. The first-order valence-electron chi connectivity index (χ1n) is 10.5. The van der Waals surface area contributed by atoms with Crippen molar-refractivity contribution in [2.24, 2.45) is 0 Å². The van der Waals surface area contributed by atoms with Crippen LogP contribution in [0.5, 0.6) is 11.5 Å². The van der Waals surface area contributed by atoms with Gasteiger partial charge in [-0.25, -0.2) is 4.98 Å². The van der Waals surface area contributed by atoms with Crippen molar-refractivity contribution < 1.29 is 18.8 Å². The normalized spacial score (nSPS) is 12.7. The van der Waals surface area contributed by atoms with Crippen molar-refractivity contribution in [3.8, 4) is 22.8 Å². The Labute approximate surface area is 185 Å². The zero-order valence-electron chi connectivity index (χ0n) is 18.2. The summed E-state index contributed by atoms with van der Waals surface area (Å²) in [6.45, 7) is 5.33. The van der Waals surface area contributed by atoms with Crippen molar-refractivity contribution in [1.82, 2.24) is 15.0 Å². The van der Waals surface area contributed by atoms with Crippen molar-refractivity contribution in [2.75, 3.05) is 20.3 Å². The molecular formula is C25H23N3O4. The number of hydrogen-bond donors (Lipinski definition) is 0. The number of carbonyl (C=O) groups excluding carboxylic acids is 1. The Bertz CT molecular complexity index is 1310. The summed E-state index contributed by atoms with van der Waals surface area (Å²) in [5.41, 5.74) is 5.21. The molecule has 0 N–H and O–H groups in total. The van der Waals surface area contributed by atoms with Crippen molar-refractivity contribution in [1.29, 1.82) is 0 Å². The van der Waals surface area contributed by atoms with Crippen LogP contribution in [0.2, 0.25) is 0 Å². The third-order valence-electron chi connectivity index (χ3n) is 5.57. The number of pyridine rings is 1. The minimum atomic E-state index is -0.132. The van der Waals surface area contributed by atoms with Crippen molar-refractivity contribution >= 4 is 17.0 Å². The van der Waals surface area contributed by atoms with E-state index in [-0.39, 0.29) is 5.91 Å². The van der Waals surface area contributed by atoms with Gasteiger partial charge in [0.05, 0.1) is 22.3 Å². The molecule has 0 atom stereocenters. The number of rotatable bonds is 4. The molecule has 0 fully saturated rings. The Hall–Kier alpha value is -3.87. The molecule has 2 aromatic heterocycles. The van der Waals surface area contributed by atoms with E-state index >= 15 is 0 Å². The number of aryl methyl sites for hydroxylation is 2. The van der Waals surface area contributed by atoms with Crippen LogP contribution in [0.3, 0.4) is 0 Å². The third-order valence-corrected chi connectivity index (χ3v) is 5.57. The van der Waals surface area contributed by atoms with Gasteiger partial charge in [0.15, 0.2) is 11.5 Å². The summed E-state index contributed by atoms with van der Waals surface area (Å²) in [7, 11) is 1.78. The Morgan fingerprint density at radius 1 is 1.00 bits per heavy atom. The molecule has 7 nitrogen and oxygen atoms in total. The average Bonchev–Trinajstić information content (AvgIpc) is 3.19. The lowest BCUT2D eigenvalue weighted by atomic mass is 10.0. The molecule has 5 rings (SSSR count). The maximum atomic E-state index is 13.5. The summed E-state index contributed by atoms with van der Waals surface area (Å²) >= 11 is 0. The van der Waals surface area contributed by atoms with Gasteiger partial charge in [0.25, 0.3) is 11.6 Å². The number of benzene rings is 2.